The number of hydrogen-bond acceptors (Lipinski definition) is 2. The first-order chi connectivity index (χ1) is 8.75. The van der Waals surface area contributed by atoms with Gasteiger partial charge in [0.2, 0.25) is 0 Å². The molecule has 18 heavy (non-hydrogen) atoms. The molecule has 2 aromatic carbocycles. The van der Waals surface area contributed by atoms with E-state index in [4.69, 9.17) is 4.74 Å². The molecule has 1 aliphatic heterocycles. The van der Waals surface area contributed by atoms with Gasteiger partial charge in [0, 0.05) is 7.05 Å². The minimum Gasteiger partial charge on any atom is -0.482 e. The number of ether oxygens (including phenoxy) is 1. The Hall–Kier alpha value is -2.29. The van der Waals surface area contributed by atoms with Crippen LogP contribution in [-0.4, -0.2) is 19.6 Å². The Morgan fingerprint density at radius 1 is 1.06 bits per heavy atom. The average Bonchev–Trinajstić information content (AvgIpc) is 2.44. The molecule has 1 heterocycles. The number of rotatable bonds is 1. The van der Waals surface area contributed by atoms with Crippen molar-refractivity contribution >= 4 is 11.6 Å². The minimum absolute atomic E-state index is 0.0186. The van der Waals surface area contributed by atoms with Gasteiger partial charge in [0.25, 0.3) is 5.91 Å². The van der Waals surface area contributed by atoms with Crippen LogP contribution in [0.5, 0.6) is 5.75 Å². The third-order valence-electron chi connectivity index (χ3n) is 3.15. The lowest BCUT2D eigenvalue weighted by Crippen LogP contribution is -2.35. The molecule has 0 spiro atoms. The summed E-state index contributed by atoms with van der Waals surface area (Å²) in [5, 5.41) is 0. The van der Waals surface area contributed by atoms with E-state index in [-0.39, 0.29) is 12.5 Å². The molecule has 3 rings (SSSR count). The lowest BCUT2D eigenvalue weighted by Gasteiger charge is -2.26. The molecule has 1 aliphatic rings. The SMILES string of the molecule is CN1C(=O)COc2cc(-c3ccccc3)ccc21. The molecule has 0 bridgehead atoms. The van der Waals surface area contributed by atoms with Crippen molar-refractivity contribution in [3.8, 4) is 16.9 Å². The van der Waals surface area contributed by atoms with E-state index in [1.54, 1.807) is 11.9 Å². The number of nitrogens with zero attached hydrogens (tertiary/aromatic N) is 1. The summed E-state index contributed by atoms with van der Waals surface area (Å²) < 4.78 is 5.48. The number of benzene rings is 2. The van der Waals surface area contributed by atoms with Crippen LogP contribution in [0.15, 0.2) is 48.5 Å². The fraction of sp³-hybridized carbons (Fsp3) is 0.133. The monoisotopic (exact) mass is 239 g/mol. The van der Waals surface area contributed by atoms with E-state index < -0.39 is 0 Å². The first-order valence-corrected chi connectivity index (χ1v) is 5.84. The highest BCUT2D eigenvalue weighted by atomic mass is 16.5. The molecule has 0 fully saturated rings. The second-order valence-corrected chi connectivity index (χ2v) is 4.29. The van der Waals surface area contributed by atoms with Gasteiger partial charge in [-0.2, -0.15) is 0 Å². The van der Waals surface area contributed by atoms with E-state index in [9.17, 15) is 4.79 Å². The summed E-state index contributed by atoms with van der Waals surface area (Å²) >= 11 is 0. The molecular weight excluding hydrogens is 226 g/mol. The zero-order valence-corrected chi connectivity index (χ0v) is 10.1. The Labute approximate surface area is 106 Å². The summed E-state index contributed by atoms with van der Waals surface area (Å²) in [6, 6.07) is 16.0. The van der Waals surface area contributed by atoms with Crippen molar-refractivity contribution in [3.05, 3.63) is 48.5 Å². The number of carbonyl (C=O) groups excluding carboxylic acids is 1. The summed E-state index contributed by atoms with van der Waals surface area (Å²) in [4.78, 5) is 13.1. The van der Waals surface area contributed by atoms with Crippen LogP contribution in [-0.2, 0) is 4.79 Å². The van der Waals surface area contributed by atoms with Crippen LogP contribution in [0.25, 0.3) is 11.1 Å². The molecule has 2 aromatic rings. The average molecular weight is 239 g/mol. The van der Waals surface area contributed by atoms with Gasteiger partial charge in [-0.1, -0.05) is 36.4 Å². The number of hydrogen-bond donors (Lipinski definition) is 0. The van der Waals surface area contributed by atoms with E-state index in [1.807, 2.05) is 36.4 Å². The van der Waals surface area contributed by atoms with Crippen LogP contribution in [0, 0.1) is 0 Å². The fourth-order valence-electron chi connectivity index (χ4n) is 2.09. The van der Waals surface area contributed by atoms with Crippen molar-refractivity contribution in [1.82, 2.24) is 0 Å². The smallest absolute Gasteiger partial charge is 0.264 e. The van der Waals surface area contributed by atoms with Gasteiger partial charge in [0.15, 0.2) is 6.61 Å². The van der Waals surface area contributed by atoms with Crippen molar-refractivity contribution in [2.24, 2.45) is 0 Å². The Balaban J connectivity index is 2.05. The maximum atomic E-state index is 11.5. The largest absolute Gasteiger partial charge is 0.482 e. The van der Waals surface area contributed by atoms with Gasteiger partial charge in [-0.15, -0.1) is 0 Å². The highest BCUT2D eigenvalue weighted by molar-refractivity contribution is 5.97. The van der Waals surface area contributed by atoms with Gasteiger partial charge >= 0.3 is 0 Å². The quantitative estimate of drug-likeness (QED) is 0.765. The standard InChI is InChI=1S/C15H13NO2/c1-16-13-8-7-12(11-5-3-2-4-6-11)9-14(13)18-10-15(16)17/h2-9H,10H2,1H3. The molecule has 1 amide bonds. The topological polar surface area (TPSA) is 29.5 Å². The number of likely N-dealkylation sites (N-methyl/N-ethyl adjacent to an activating group) is 1. The third-order valence-corrected chi connectivity index (χ3v) is 3.15. The second kappa shape index (κ2) is 4.18. The second-order valence-electron chi connectivity index (χ2n) is 4.29. The van der Waals surface area contributed by atoms with E-state index >= 15 is 0 Å². The highest BCUT2D eigenvalue weighted by Gasteiger charge is 2.22. The molecule has 90 valence electrons. The van der Waals surface area contributed by atoms with Crippen molar-refractivity contribution in [2.45, 2.75) is 0 Å². The summed E-state index contributed by atoms with van der Waals surface area (Å²) in [6.07, 6.45) is 0. The molecule has 0 saturated heterocycles. The van der Waals surface area contributed by atoms with Crippen molar-refractivity contribution in [3.63, 3.8) is 0 Å². The highest BCUT2D eigenvalue weighted by Crippen LogP contribution is 2.35. The maximum absolute atomic E-state index is 11.5. The first kappa shape index (κ1) is 10.8. The van der Waals surface area contributed by atoms with Crippen LogP contribution in [0.1, 0.15) is 0 Å². The predicted octanol–water partition coefficient (Wildman–Crippen LogP) is 2.71. The molecule has 0 aliphatic carbocycles. The maximum Gasteiger partial charge on any atom is 0.264 e. The van der Waals surface area contributed by atoms with Gasteiger partial charge in [-0.3, -0.25) is 4.79 Å². The molecule has 0 aromatic heterocycles. The van der Waals surface area contributed by atoms with Gasteiger partial charge in [0.1, 0.15) is 5.75 Å². The van der Waals surface area contributed by atoms with Crippen molar-refractivity contribution in [1.29, 1.82) is 0 Å². The van der Waals surface area contributed by atoms with E-state index in [1.165, 1.54) is 0 Å². The lowest BCUT2D eigenvalue weighted by atomic mass is 10.0. The van der Waals surface area contributed by atoms with Crippen LogP contribution >= 0.6 is 0 Å². The van der Waals surface area contributed by atoms with E-state index in [0.29, 0.717) is 0 Å². The van der Waals surface area contributed by atoms with Crippen LogP contribution in [0.2, 0.25) is 0 Å². The Bertz CT molecular complexity index is 593. The summed E-state index contributed by atoms with van der Waals surface area (Å²) in [6.45, 7) is 0.113. The third kappa shape index (κ3) is 1.74. The Morgan fingerprint density at radius 3 is 2.61 bits per heavy atom. The first-order valence-electron chi connectivity index (χ1n) is 5.84. The normalized spacial score (nSPS) is 14.1. The molecule has 0 atom stereocenters. The van der Waals surface area contributed by atoms with Crippen LogP contribution in [0.4, 0.5) is 5.69 Å². The van der Waals surface area contributed by atoms with Crippen molar-refractivity contribution < 1.29 is 9.53 Å². The number of carbonyl (C=O) groups is 1. The molecule has 0 saturated carbocycles. The number of anilines is 1. The molecule has 0 N–H and O–H groups in total. The molecule has 3 nitrogen and oxygen atoms in total. The molecule has 0 unspecified atom stereocenters. The fourth-order valence-corrected chi connectivity index (χ4v) is 2.09. The van der Waals surface area contributed by atoms with Crippen LogP contribution in [0.3, 0.4) is 0 Å². The van der Waals surface area contributed by atoms with Crippen molar-refractivity contribution in [2.75, 3.05) is 18.6 Å². The summed E-state index contributed by atoms with van der Waals surface area (Å²) in [5.74, 6) is 0.744. The number of fused-ring (bicyclic) bond motifs is 1. The molecular formula is C15H13NO2. The van der Waals surface area contributed by atoms with E-state index in [2.05, 4.69) is 12.1 Å². The summed E-state index contributed by atoms with van der Waals surface area (Å²) in [5.41, 5.74) is 3.06. The zero-order chi connectivity index (χ0) is 12.5. The summed E-state index contributed by atoms with van der Waals surface area (Å²) in [7, 11) is 1.77. The van der Waals surface area contributed by atoms with Crippen LogP contribution < -0.4 is 9.64 Å². The van der Waals surface area contributed by atoms with Gasteiger partial charge < -0.3 is 9.64 Å². The lowest BCUT2D eigenvalue weighted by molar-refractivity contribution is -0.120. The Morgan fingerprint density at radius 2 is 1.83 bits per heavy atom. The van der Waals surface area contributed by atoms with E-state index in [0.717, 1.165) is 22.6 Å². The van der Waals surface area contributed by atoms with Gasteiger partial charge in [-0.05, 0) is 23.3 Å². The predicted molar refractivity (Wildman–Crippen MR) is 70.8 cm³/mol. The number of amides is 1. The Kier molecular flexibility index (Phi) is 2.52. The van der Waals surface area contributed by atoms with Gasteiger partial charge in [-0.25, -0.2) is 0 Å². The minimum atomic E-state index is -0.0186. The molecule has 3 heteroatoms. The van der Waals surface area contributed by atoms with Gasteiger partial charge in [0.05, 0.1) is 5.69 Å². The zero-order valence-electron chi connectivity index (χ0n) is 10.1. The molecule has 0 radical (unpaired) electrons.